The van der Waals surface area contributed by atoms with Gasteiger partial charge in [-0.25, -0.2) is 0 Å². The second kappa shape index (κ2) is 5.23. The summed E-state index contributed by atoms with van der Waals surface area (Å²) < 4.78 is 1.79. The van der Waals surface area contributed by atoms with Gasteiger partial charge in [-0.3, -0.25) is 4.68 Å². The Labute approximate surface area is 107 Å². The molecule has 1 atom stereocenters. The van der Waals surface area contributed by atoms with Gasteiger partial charge in [0.25, 0.3) is 0 Å². The van der Waals surface area contributed by atoms with Gasteiger partial charge in [-0.15, -0.1) is 5.10 Å². The molecule has 0 aliphatic heterocycles. The fourth-order valence-electron chi connectivity index (χ4n) is 1.76. The third kappa shape index (κ3) is 2.71. The molecular weight excluding hydrogens is 226 g/mol. The molecular formula is C14H19N3O. The lowest BCUT2D eigenvalue weighted by atomic mass is 10.1. The summed E-state index contributed by atoms with van der Waals surface area (Å²) in [6, 6.07) is 10.2. The average Bonchev–Trinajstić information content (AvgIpc) is 2.71. The molecule has 1 N–H and O–H groups in total. The molecule has 0 fully saturated rings. The minimum Gasteiger partial charge on any atom is -0.492 e. The van der Waals surface area contributed by atoms with Gasteiger partial charge in [0.15, 0.2) is 0 Å². The van der Waals surface area contributed by atoms with Crippen molar-refractivity contribution in [3.05, 3.63) is 36.5 Å². The van der Waals surface area contributed by atoms with Gasteiger partial charge in [-0.1, -0.05) is 30.3 Å². The minimum atomic E-state index is 0.0900. The Morgan fingerprint density at radius 3 is 2.56 bits per heavy atom. The molecule has 0 saturated heterocycles. The van der Waals surface area contributed by atoms with E-state index >= 15 is 0 Å². The van der Waals surface area contributed by atoms with Crippen molar-refractivity contribution < 1.29 is 5.11 Å². The summed E-state index contributed by atoms with van der Waals surface area (Å²) in [4.78, 5) is 2.13. The van der Waals surface area contributed by atoms with Crippen molar-refractivity contribution in [2.75, 3.05) is 14.1 Å². The standard InChI is InChI=1S/C14H19N3O/c1-11(16(2)3)9-17-10-13(14(18)15-17)12-7-5-4-6-8-12/h4-8,10-11H,9H2,1-3H3,(H,15,18). The van der Waals surface area contributed by atoms with Crippen molar-refractivity contribution in [1.82, 2.24) is 14.7 Å². The summed E-state index contributed by atoms with van der Waals surface area (Å²) >= 11 is 0. The quantitative estimate of drug-likeness (QED) is 0.898. The maximum absolute atomic E-state index is 9.89. The van der Waals surface area contributed by atoms with Crippen LogP contribution in [0.4, 0.5) is 0 Å². The molecule has 2 rings (SSSR count). The highest BCUT2D eigenvalue weighted by molar-refractivity contribution is 5.67. The van der Waals surface area contributed by atoms with E-state index in [0.29, 0.717) is 6.04 Å². The molecule has 0 aliphatic carbocycles. The van der Waals surface area contributed by atoms with Crippen LogP contribution in [0.15, 0.2) is 36.5 Å². The molecule has 4 heteroatoms. The first kappa shape index (κ1) is 12.6. The van der Waals surface area contributed by atoms with E-state index in [-0.39, 0.29) is 5.88 Å². The van der Waals surface area contributed by atoms with E-state index in [1.807, 2.05) is 50.6 Å². The number of aromatic hydroxyl groups is 1. The molecule has 96 valence electrons. The fraction of sp³-hybridized carbons (Fsp3) is 0.357. The average molecular weight is 245 g/mol. The van der Waals surface area contributed by atoms with Gasteiger partial charge in [-0.2, -0.15) is 0 Å². The molecule has 0 radical (unpaired) electrons. The van der Waals surface area contributed by atoms with Gasteiger partial charge in [0.2, 0.25) is 5.88 Å². The topological polar surface area (TPSA) is 41.3 Å². The smallest absolute Gasteiger partial charge is 0.238 e. The molecule has 1 heterocycles. The van der Waals surface area contributed by atoms with E-state index in [1.165, 1.54) is 0 Å². The Balaban J connectivity index is 2.23. The zero-order chi connectivity index (χ0) is 13.1. The normalized spacial score (nSPS) is 12.9. The second-order valence-corrected chi connectivity index (χ2v) is 4.77. The maximum Gasteiger partial charge on any atom is 0.238 e. The first-order chi connectivity index (χ1) is 8.58. The highest BCUT2D eigenvalue weighted by Gasteiger charge is 2.12. The van der Waals surface area contributed by atoms with Crippen molar-refractivity contribution in [2.45, 2.75) is 19.5 Å². The minimum absolute atomic E-state index is 0.0900. The summed E-state index contributed by atoms with van der Waals surface area (Å²) in [5, 5.41) is 14.0. The van der Waals surface area contributed by atoms with Crippen LogP contribution < -0.4 is 0 Å². The molecule has 4 nitrogen and oxygen atoms in total. The van der Waals surface area contributed by atoms with E-state index in [1.54, 1.807) is 4.68 Å². The van der Waals surface area contributed by atoms with Gasteiger partial charge in [-0.05, 0) is 26.6 Å². The van der Waals surface area contributed by atoms with Crippen molar-refractivity contribution >= 4 is 0 Å². The van der Waals surface area contributed by atoms with Crippen molar-refractivity contribution in [1.29, 1.82) is 0 Å². The molecule has 0 amide bonds. The molecule has 0 aliphatic rings. The van der Waals surface area contributed by atoms with Crippen LogP contribution in [0.2, 0.25) is 0 Å². The lowest BCUT2D eigenvalue weighted by molar-refractivity contribution is 0.273. The molecule has 1 aromatic carbocycles. The van der Waals surface area contributed by atoms with Gasteiger partial charge < -0.3 is 10.0 Å². The van der Waals surface area contributed by atoms with E-state index in [2.05, 4.69) is 16.9 Å². The fourth-order valence-corrected chi connectivity index (χ4v) is 1.76. The Kier molecular flexibility index (Phi) is 3.67. The lowest BCUT2D eigenvalue weighted by Crippen LogP contribution is -2.29. The van der Waals surface area contributed by atoms with Crippen LogP contribution in [0.1, 0.15) is 6.92 Å². The predicted octanol–water partition coefficient (Wildman–Crippen LogP) is 2.21. The van der Waals surface area contributed by atoms with E-state index in [0.717, 1.165) is 17.7 Å². The number of likely N-dealkylation sites (N-methyl/N-ethyl adjacent to an activating group) is 1. The summed E-state index contributed by atoms with van der Waals surface area (Å²) in [6.07, 6.45) is 1.89. The summed E-state index contributed by atoms with van der Waals surface area (Å²) in [7, 11) is 4.07. The van der Waals surface area contributed by atoms with Gasteiger partial charge in [0.1, 0.15) is 0 Å². The van der Waals surface area contributed by atoms with E-state index < -0.39 is 0 Å². The number of hydrogen-bond acceptors (Lipinski definition) is 3. The van der Waals surface area contributed by atoms with Crippen LogP contribution in [0.3, 0.4) is 0 Å². The van der Waals surface area contributed by atoms with Crippen molar-refractivity contribution in [2.24, 2.45) is 0 Å². The van der Waals surface area contributed by atoms with Gasteiger partial charge in [0, 0.05) is 12.2 Å². The predicted molar refractivity (Wildman–Crippen MR) is 72.5 cm³/mol. The number of rotatable bonds is 4. The molecule has 0 bridgehead atoms. The molecule has 18 heavy (non-hydrogen) atoms. The third-order valence-electron chi connectivity index (χ3n) is 3.16. The molecule has 0 saturated carbocycles. The first-order valence-corrected chi connectivity index (χ1v) is 6.06. The third-order valence-corrected chi connectivity index (χ3v) is 3.16. The van der Waals surface area contributed by atoms with Crippen LogP contribution in [0, 0.1) is 0 Å². The van der Waals surface area contributed by atoms with Gasteiger partial charge >= 0.3 is 0 Å². The Morgan fingerprint density at radius 1 is 1.28 bits per heavy atom. The van der Waals surface area contributed by atoms with Crippen LogP contribution in [-0.2, 0) is 6.54 Å². The highest BCUT2D eigenvalue weighted by Crippen LogP contribution is 2.27. The molecule has 0 spiro atoms. The summed E-state index contributed by atoms with van der Waals surface area (Å²) in [5.74, 6) is 0.0900. The maximum atomic E-state index is 9.89. The van der Waals surface area contributed by atoms with Crippen LogP contribution in [0.25, 0.3) is 11.1 Å². The van der Waals surface area contributed by atoms with E-state index in [9.17, 15) is 5.11 Å². The highest BCUT2D eigenvalue weighted by atomic mass is 16.3. The number of nitrogens with zero attached hydrogens (tertiary/aromatic N) is 3. The Bertz CT molecular complexity index is 505. The van der Waals surface area contributed by atoms with E-state index in [4.69, 9.17) is 0 Å². The number of benzene rings is 1. The molecule has 2 aromatic rings. The summed E-state index contributed by atoms with van der Waals surface area (Å²) in [6.45, 7) is 2.88. The number of hydrogen-bond donors (Lipinski definition) is 1. The summed E-state index contributed by atoms with van der Waals surface area (Å²) in [5.41, 5.74) is 1.76. The van der Waals surface area contributed by atoms with Crippen LogP contribution in [-0.4, -0.2) is 39.9 Å². The Morgan fingerprint density at radius 2 is 1.94 bits per heavy atom. The Hall–Kier alpha value is -1.81. The van der Waals surface area contributed by atoms with Crippen molar-refractivity contribution in [3.8, 4) is 17.0 Å². The SMILES string of the molecule is CC(Cn1cc(-c2ccccc2)c(O)n1)N(C)C. The molecule has 1 aromatic heterocycles. The largest absolute Gasteiger partial charge is 0.492 e. The monoisotopic (exact) mass is 245 g/mol. The van der Waals surface area contributed by atoms with Gasteiger partial charge in [0.05, 0.1) is 12.1 Å². The lowest BCUT2D eigenvalue weighted by Gasteiger charge is -2.19. The zero-order valence-electron chi connectivity index (χ0n) is 11.0. The van der Waals surface area contributed by atoms with Crippen LogP contribution in [0.5, 0.6) is 5.88 Å². The van der Waals surface area contributed by atoms with Crippen LogP contribution >= 0.6 is 0 Å². The first-order valence-electron chi connectivity index (χ1n) is 6.06. The second-order valence-electron chi connectivity index (χ2n) is 4.77. The van der Waals surface area contributed by atoms with Crippen molar-refractivity contribution in [3.63, 3.8) is 0 Å². The zero-order valence-corrected chi connectivity index (χ0v) is 11.0. The number of aromatic nitrogens is 2. The molecule has 1 unspecified atom stereocenters.